The van der Waals surface area contributed by atoms with Gasteiger partial charge in [-0.15, -0.1) is 0 Å². The molecule has 0 unspecified atom stereocenters. The molecule has 0 spiro atoms. The van der Waals surface area contributed by atoms with Gasteiger partial charge >= 0.3 is 0 Å². The normalized spacial score (nSPS) is 11.2. The number of nitrogens with zero attached hydrogens (tertiary/aromatic N) is 4. The average molecular weight is 389 g/mol. The summed E-state index contributed by atoms with van der Waals surface area (Å²) in [6.07, 6.45) is 2.85. The van der Waals surface area contributed by atoms with Gasteiger partial charge in [-0.2, -0.15) is 5.10 Å². The van der Waals surface area contributed by atoms with Gasteiger partial charge in [-0.1, -0.05) is 29.3 Å². The third-order valence-electron chi connectivity index (χ3n) is 4.17. The second-order valence-corrected chi connectivity index (χ2v) is 6.56. The lowest BCUT2D eigenvalue weighted by Gasteiger charge is -2.17. The molecule has 0 saturated carbocycles. The van der Waals surface area contributed by atoms with E-state index in [-0.39, 0.29) is 16.4 Å². The largest absolute Gasteiger partial charge is 0.328 e. The maximum Gasteiger partial charge on any atom is 0.199 e. The molecule has 5 nitrogen and oxygen atoms in total. The maximum atomic E-state index is 13.8. The van der Waals surface area contributed by atoms with E-state index in [1.54, 1.807) is 35.9 Å². The minimum absolute atomic E-state index is 0.248. The zero-order valence-electron chi connectivity index (χ0n) is 13.4. The summed E-state index contributed by atoms with van der Waals surface area (Å²) in [5.41, 5.74) is 0.981. The predicted molar refractivity (Wildman–Crippen MR) is 99.5 cm³/mol. The van der Waals surface area contributed by atoms with Crippen LogP contribution in [-0.4, -0.2) is 19.3 Å². The highest BCUT2D eigenvalue weighted by Gasteiger charge is 2.21. The number of hydrogen-bond donors (Lipinski definition) is 0. The molecule has 0 aliphatic carbocycles. The fourth-order valence-electron chi connectivity index (χ4n) is 3.02. The van der Waals surface area contributed by atoms with Crippen molar-refractivity contribution in [2.45, 2.75) is 0 Å². The van der Waals surface area contributed by atoms with E-state index < -0.39 is 5.82 Å². The van der Waals surface area contributed by atoms with Crippen molar-refractivity contribution in [1.82, 2.24) is 19.3 Å². The van der Waals surface area contributed by atoms with Gasteiger partial charge in [0.15, 0.2) is 5.43 Å². The van der Waals surface area contributed by atoms with E-state index in [4.69, 9.17) is 23.2 Å². The molecule has 4 rings (SSSR count). The van der Waals surface area contributed by atoms with Crippen molar-refractivity contribution < 1.29 is 4.39 Å². The van der Waals surface area contributed by atoms with E-state index in [2.05, 4.69) is 10.1 Å². The lowest BCUT2D eigenvalue weighted by Crippen LogP contribution is -2.18. The van der Waals surface area contributed by atoms with Gasteiger partial charge in [0.25, 0.3) is 0 Å². The number of hydrogen-bond acceptors (Lipinski definition) is 3. The summed E-state index contributed by atoms with van der Waals surface area (Å²) in [4.78, 5) is 17.2. The number of halogens is 3. The van der Waals surface area contributed by atoms with Gasteiger partial charge in [-0.05, 0) is 30.3 Å². The number of rotatable bonds is 2. The molecule has 0 saturated heterocycles. The Hall–Kier alpha value is -2.70. The molecule has 0 aliphatic rings. The first-order chi connectivity index (χ1) is 12.5. The van der Waals surface area contributed by atoms with Crippen LogP contribution in [0.15, 0.2) is 53.8 Å². The average Bonchev–Trinajstić information content (AvgIpc) is 3.12. The van der Waals surface area contributed by atoms with Crippen molar-refractivity contribution in [3.8, 4) is 16.9 Å². The molecular weight excluding hydrogens is 378 g/mol. The lowest BCUT2D eigenvalue weighted by atomic mass is 10.0. The minimum Gasteiger partial charge on any atom is -0.328 e. The van der Waals surface area contributed by atoms with E-state index in [1.807, 2.05) is 0 Å². The Kier molecular flexibility index (Phi) is 4.01. The highest BCUT2D eigenvalue weighted by atomic mass is 35.5. The summed E-state index contributed by atoms with van der Waals surface area (Å²) in [6.45, 7) is 0. The van der Waals surface area contributed by atoms with E-state index in [0.29, 0.717) is 26.9 Å². The van der Waals surface area contributed by atoms with E-state index in [0.717, 1.165) is 0 Å². The lowest BCUT2D eigenvalue weighted by molar-refractivity contribution is 0.629. The van der Waals surface area contributed by atoms with Crippen molar-refractivity contribution in [3.05, 3.63) is 75.1 Å². The fourth-order valence-corrected chi connectivity index (χ4v) is 3.52. The second-order valence-electron chi connectivity index (χ2n) is 5.71. The van der Waals surface area contributed by atoms with Crippen LogP contribution < -0.4 is 5.43 Å². The van der Waals surface area contributed by atoms with Gasteiger partial charge < -0.3 is 4.57 Å². The fraction of sp³-hybridized carbons (Fsp3) is 0.0556. The molecular formula is C18H11Cl2FN4O. The van der Waals surface area contributed by atoms with Gasteiger partial charge in [0.2, 0.25) is 0 Å². The molecule has 0 bridgehead atoms. The third-order valence-corrected chi connectivity index (χ3v) is 4.72. The van der Waals surface area contributed by atoms with Crippen molar-refractivity contribution >= 4 is 34.1 Å². The van der Waals surface area contributed by atoms with E-state index in [1.165, 1.54) is 29.5 Å². The van der Waals surface area contributed by atoms with E-state index in [9.17, 15) is 9.18 Å². The molecule has 2 aromatic carbocycles. The molecule has 2 aromatic heterocycles. The highest BCUT2D eigenvalue weighted by molar-refractivity contribution is 6.36. The summed E-state index contributed by atoms with van der Waals surface area (Å²) in [6, 6.07) is 8.94. The van der Waals surface area contributed by atoms with Crippen molar-refractivity contribution in [1.29, 1.82) is 0 Å². The molecule has 0 N–H and O–H groups in total. The van der Waals surface area contributed by atoms with Crippen molar-refractivity contribution in [3.63, 3.8) is 0 Å². The van der Waals surface area contributed by atoms with Crippen LogP contribution in [0.2, 0.25) is 10.0 Å². The highest BCUT2D eigenvalue weighted by Crippen LogP contribution is 2.33. The molecule has 0 fully saturated rings. The summed E-state index contributed by atoms with van der Waals surface area (Å²) in [5, 5.41) is 5.16. The van der Waals surface area contributed by atoms with Gasteiger partial charge in [0.1, 0.15) is 24.3 Å². The summed E-state index contributed by atoms with van der Waals surface area (Å²) < 4.78 is 17.0. The molecule has 26 heavy (non-hydrogen) atoms. The summed E-state index contributed by atoms with van der Waals surface area (Å²) >= 11 is 12.3. The minimum atomic E-state index is -0.490. The van der Waals surface area contributed by atoms with Crippen LogP contribution in [0.5, 0.6) is 0 Å². The molecule has 2 heterocycles. The topological polar surface area (TPSA) is 52.7 Å². The van der Waals surface area contributed by atoms with Gasteiger partial charge in [0, 0.05) is 23.0 Å². The second kappa shape index (κ2) is 6.23. The Balaban J connectivity index is 2.21. The van der Waals surface area contributed by atoms with Crippen LogP contribution in [0.4, 0.5) is 4.39 Å². The van der Waals surface area contributed by atoms with Crippen LogP contribution in [0, 0.1) is 5.82 Å². The molecule has 4 aromatic rings. The first-order valence-electron chi connectivity index (χ1n) is 7.60. The predicted octanol–water partition coefficient (Wildman–Crippen LogP) is 4.23. The van der Waals surface area contributed by atoms with Crippen LogP contribution in [0.25, 0.3) is 27.8 Å². The number of fused-ring (bicyclic) bond motifs is 1. The Bertz CT molecular complexity index is 1200. The standard InChI is InChI=1S/C18H11Cl2FN4O/c1-24-15-5-3-11(21)7-13(15)17(26)16(18(24)25-9-22-8-23-25)12-4-2-10(19)6-14(12)20/h2-9H,1H3. The van der Waals surface area contributed by atoms with Gasteiger partial charge in [-0.3, -0.25) is 4.79 Å². The van der Waals surface area contributed by atoms with Crippen molar-refractivity contribution in [2.24, 2.45) is 7.05 Å². The third kappa shape index (κ3) is 2.58. The molecule has 0 radical (unpaired) electrons. The van der Waals surface area contributed by atoms with Gasteiger partial charge in [0.05, 0.1) is 16.1 Å². The monoisotopic (exact) mass is 388 g/mol. The van der Waals surface area contributed by atoms with Crippen molar-refractivity contribution in [2.75, 3.05) is 0 Å². The Labute approximate surface area is 157 Å². The van der Waals surface area contributed by atoms with Gasteiger partial charge in [-0.25, -0.2) is 14.1 Å². The summed E-state index contributed by atoms with van der Waals surface area (Å²) in [5.74, 6) is -0.0212. The van der Waals surface area contributed by atoms with Crippen LogP contribution in [0.1, 0.15) is 0 Å². The van der Waals surface area contributed by atoms with Crippen LogP contribution in [0.3, 0.4) is 0 Å². The van der Waals surface area contributed by atoms with E-state index >= 15 is 0 Å². The number of aryl methyl sites for hydroxylation is 1. The Morgan fingerprint density at radius 3 is 2.62 bits per heavy atom. The van der Waals surface area contributed by atoms with Crippen LogP contribution in [-0.2, 0) is 7.05 Å². The number of pyridine rings is 1. The quantitative estimate of drug-likeness (QED) is 0.516. The molecule has 0 aliphatic heterocycles. The SMILES string of the molecule is Cn1c(-n2cncn2)c(-c2ccc(Cl)cc2Cl)c(=O)c2cc(F)ccc21. The number of aromatic nitrogens is 4. The smallest absolute Gasteiger partial charge is 0.199 e. The Morgan fingerprint density at radius 1 is 1.12 bits per heavy atom. The molecule has 8 heteroatoms. The zero-order chi connectivity index (χ0) is 18.4. The maximum absolute atomic E-state index is 13.8. The molecule has 0 amide bonds. The number of benzene rings is 2. The first kappa shape index (κ1) is 16.8. The van der Waals surface area contributed by atoms with Crippen LogP contribution >= 0.6 is 23.2 Å². The first-order valence-corrected chi connectivity index (χ1v) is 8.35. The Morgan fingerprint density at radius 2 is 1.92 bits per heavy atom. The molecule has 0 atom stereocenters. The zero-order valence-corrected chi connectivity index (χ0v) is 15.0. The summed E-state index contributed by atoms with van der Waals surface area (Å²) in [7, 11) is 1.77. The molecule has 130 valence electrons.